The van der Waals surface area contributed by atoms with Crippen LogP contribution in [0.25, 0.3) is 10.9 Å². The lowest BCUT2D eigenvalue weighted by atomic mass is 9.89. The molecule has 0 aliphatic heterocycles. The van der Waals surface area contributed by atoms with E-state index >= 15 is 0 Å². The van der Waals surface area contributed by atoms with E-state index in [1.54, 1.807) is 41.3 Å². The molecule has 1 heterocycles. The molecule has 29 heavy (non-hydrogen) atoms. The molecule has 3 aromatic rings. The lowest BCUT2D eigenvalue weighted by molar-refractivity contribution is 0.101. The van der Waals surface area contributed by atoms with Gasteiger partial charge in [-0.15, -0.1) is 0 Å². The Morgan fingerprint density at radius 3 is 2.76 bits per heavy atom. The molecular weight excluding hydrogens is 389 g/mol. The number of nitrogens with zero attached hydrogens (tertiary/aromatic N) is 2. The summed E-state index contributed by atoms with van der Waals surface area (Å²) in [6.45, 7) is 0.651. The Labute approximate surface area is 171 Å². The van der Waals surface area contributed by atoms with Crippen LogP contribution >= 0.6 is 0 Å². The number of aromatic nitrogens is 2. The van der Waals surface area contributed by atoms with Gasteiger partial charge in [0.2, 0.25) is 0 Å². The van der Waals surface area contributed by atoms with E-state index in [-0.39, 0.29) is 11.7 Å². The Morgan fingerprint density at radius 2 is 2.00 bits per heavy atom. The SMILES string of the molecule is CS(=O)c1cccc(NC(=O)c2c3ccc(F)cc3nn2CC2CCCCC2)c1. The summed E-state index contributed by atoms with van der Waals surface area (Å²) < 4.78 is 27.2. The van der Waals surface area contributed by atoms with Crippen molar-refractivity contribution in [3.63, 3.8) is 0 Å². The van der Waals surface area contributed by atoms with Crippen molar-refractivity contribution in [2.24, 2.45) is 5.92 Å². The molecule has 1 saturated carbocycles. The number of fused-ring (bicyclic) bond motifs is 1. The molecule has 0 bridgehead atoms. The van der Waals surface area contributed by atoms with Gasteiger partial charge in [0.15, 0.2) is 0 Å². The standard InChI is InChI=1S/C22H24FN3O2S/c1-29(28)18-9-5-8-17(13-18)24-22(27)21-19-11-10-16(23)12-20(19)25-26(21)14-15-6-3-2-4-7-15/h5,8-13,15H,2-4,6-7,14H2,1H3,(H,24,27). The maximum Gasteiger partial charge on any atom is 0.274 e. The molecule has 1 unspecified atom stereocenters. The second-order valence-electron chi connectivity index (χ2n) is 7.63. The van der Waals surface area contributed by atoms with Gasteiger partial charge in [-0.3, -0.25) is 13.7 Å². The first-order valence-corrected chi connectivity index (χ1v) is 11.5. The summed E-state index contributed by atoms with van der Waals surface area (Å²) >= 11 is 0. The molecule has 1 N–H and O–H groups in total. The zero-order valence-corrected chi connectivity index (χ0v) is 17.2. The Morgan fingerprint density at radius 1 is 1.21 bits per heavy atom. The second-order valence-corrected chi connectivity index (χ2v) is 9.01. The van der Waals surface area contributed by atoms with Gasteiger partial charge >= 0.3 is 0 Å². The third kappa shape index (κ3) is 4.40. The van der Waals surface area contributed by atoms with Crippen LogP contribution < -0.4 is 5.32 Å². The number of carbonyl (C=O) groups excluding carboxylic acids is 1. The first-order valence-electron chi connectivity index (χ1n) is 9.92. The summed E-state index contributed by atoms with van der Waals surface area (Å²) in [6, 6.07) is 11.3. The Bertz CT molecular complexity index is 1070. The van der Waals surface area contributed by atoms with Crippen molar-refractivity contribution in [3.8, 4) is 0 Å². The van der Waals surface area contributed by atoms with Crippen molar-refractivity contribution in [3.05, 3.63) is 54.0 Å². The fourth-order valence-corrected chi connectivity index (χ4v) is 4.60. The number of amides is 1. The lowest BCUT2D eigenvalue weighted by Gasteiger charge is -2.22. The van der Waals surface area contributed by atoms with E-state index in [9.17, 15) is 13.4 Å². The average molecular weight is 414 g/mol. The van der Waals surface area contributed by atoms with Gasteiger partial charge in [0.25, 0.3) is 5.91 Å². The molecule has 0 spiro atoms. The molecule has 1 atom stereocenters. The number of halogens is 1. The minimum Gasteiger partial charge on any atom is -0.321 e. The summed E-state index contributed by atoms with van der Waals surface area (Å²) in [6.07, 6.45) is 7.49. The summed E-state index contributed by atoms with van der Waals surface area (Å²) in [4.78, 5) is 13.8. The largest absolute Gasteiger partial charge is 0.321 e. The van der Waals surface area contributed by atoms with Crippen molar-refractivity contribution >= 4 is 33.3 Å². The number of hydrogen-bond donors (Lipinski definition) is 1. The zero-order chi connectivity index (χ0) is 20.4. The highest BCUT2D eigenvalue weighted by Crippen LogP contribution is 2.28. The average Bonchev–Trinajstić information content (AvgIpc) is 3.05. The van der Waals surface area contributed by atoms with E-state index in [2.05, 4.69) is 10.4 Å². The third-order valence-electron chi connectivity index (χ3n) is 5.50. The predicted octanol–water partition coefficient (Wildman–Crippen LogP) is 4.75. The van der Waals surface area contributed by atoms with Crippen LogP contribution in [0.4, 0.5) is 10.1 Å². The van der Waals surface area contributed by atoms with Crippen molar-refractivity contribution in [2.45, 2.75) is 43.5 Å². The van der Waals surface area contributed by atoms with Gasteiger partial charge < -0.3 is 5.32 Å². The predicted molar refractivity (Wildman–Crippen MR) is 113 cm³/mol. The fraction of sp³-hybridized carbons (Fsp3) is 0.364. The molecule has 0 radical (unpaired) electrons. The summed E-state index contributed by atoms with van der Waals surface area (Å²) in [5.41, 5.74) is 1.49. The molecule has 1 amide bonds. The van der Waals surface area contributed by atoms with E-state index in [1.807, 2.05) is 0 Å². The van der Waals surface area contributed by atoms with Crippen LogP contribution in [0, 0.1) is 11.7 Å². The molecule has 1 aliphatic carbocycles. The molecule has 1 aliphatic rings. The second kappa shape index (κ2) is 8.45. The minimum absolute atomic E-state index is 0.297. The summed E-state index contributed by atoms with van der Waals surface area (Å²) in [5, 5.41) is 8.07. The van der Waals surface area contributed by atoms with E-state index in [4.69, 9.17) is 0 Å². The van der Waals surface area contributed by atoms with Gasteiger partial charge in [-0.25, -0.2) is 4.39 Å². The summed E-state index contributed by atoms with van der Waals surface area (Å²) in [7, 11) is -1.14. The molecule has 1 fully saturated rings. The first kappa shape index (κ1) is 19.8. The third-order valence-corrected chi connectivity index (χ3v) is 6.41. The molecule has 7 heteroatoms. The van der Waals surface area contributed by atoms with E-state index < -0.39 is 10.8 Å². The van der Waals surface area contributed by atoms with Crippen LogP contribution in [0.1, 0.15) is 42.6 Å². The number of benzene rings is 2. The fourth-order valence-electron chi connectivity index (χ4n) is 4.04. The topological polar surface area (TPSA) is 64.0 Å². The quantitative estimate of drug-likeness (QED) is 0.657. The molecule has 2 aromatic carbocycles. The van der Waals surface area contributed by atoms with Gasteiger partial charge in [-0.2, -0.15) is 5.10 Å². The highest BCUT2D eigenvalue weighted by molar-refractivity contribution is 7.84. The molecule has 1 aromatic heterocycles. The molecule has 0 saturated heterocycles. The smallest absolute Gasteiger partial charge is 0.274 e. The van der Waals surface area contributed by atoms with Gasteiger partial charge in [0.1, 0.15) is 11.5 Å². The minimum atomic E-state index is -1.14. The molecule has 152 valence electrons. The zero-order valence-electron chi connectivity index (χ0n) is 16.4. The molecular formula is C22H24FN3O2S. The highest BCUT2D eigenvalue weighted by atomic mass is 32.2. The maximum absolute atomic E-state index is 13.7. The monoisotopic (exact) mass is 413 g/mol. The Kier molecular flexibility index (Phi) is 5.76. The van der Waals surface area contributed by atoms with Gasteiger partial charge in [-0.05, 0) is 49.1 Å². The molecule has 5 nitrogen and oxygen atoms in total. The number of nitrogens with one attached hydrogen (secondary N) is 1. The number of anilines is 1. The van der Waals surface area contributed by atoms with Crippen LogP contribution in [0.5, 0.6) is 0 Å². The highest BCUT2D eigenvalue weighted by Gasteiger charge is 2.22. The van der Waals surface area contributed by atoms with Gasteiger partial charge in [0, 0.05) is 45.6 Å². The van der Waals surface area contributed by atoms with Crippen molar-refractivity contribution in [2.75, 3.05) is 11.6 Å². The van der Waals surface area contributed by atoms with Gasteiger partial charge in [-0.1, -0.05) is 25.3 Å². The van der Waals surface area contributed by atoms with E-state index in [0.717, 1.165) is 12.8 Å². The number of carbonyl (C=O) groups is 1. The maximum atomic E-state index is 13.7. The van der Waals surface area contributed by atoms with Crippen LogP contribution in [0.2, 0.25) is 0 Å². The van der Waals surface area contributed by atoms with E-state index in [0.29, 0.717) is 39.6 Å². The van der Waals surface area contributed by atoms with E-state index in [1.165, 1.54) is 31.4 Å². The normalized spacial score (nSPS) is 16.1. The van der Waals surface area contributed by atoms with Crippen LogP contribution in [0.15, 0.2) is 47.4 Å². The number of hydrogen-bond acceptors (Lipinski definition) is 3. The summed E-state index contributed by atoms with van der Waals surface area (Å²) in [5.74, 6) is -0.195. The van der Waals surface area contributed by atoms with Crippen LogP contribution in [-0.2, 0) is 17.3 Å². The molecule has 4 rings (SSSR count). The lowest BCUT2D eigenvalue weighted by Crippen LogP contribution is -2.22. The first-order chi connectivity index (χ1) is 14.0. The Balaban J connectivity index is 1.68. The van der Waals surface area contributed by atoms with Crippen LogP contribution in [0.3, 0.4) is 0 Å². The van der Waals surface area contributed by atoms with Crippen molar-refractivity contribution < 1.29 is 13.4 Å². The van der Waals surface area contributed by atoms with Crippen molar-refractivity contribution in [1.82, 2.24) is 9.78 Å². The number of rotatable bonds is 5. The van der Waals surface area contributed by atoms with Gasteiger partial charge in [0.05, 0.1) is 5.52 Å². The van der Waals surface area contributed by atoms with Crippen molar-refractivity contribution in [1.29, 1.82) is 0 Å². The van der Waals surface area contributed by atoms with Crippen LogP contribution in [-0.4, -0.2) is 26.2 Å². The Hall–Kier alpha value is -2.54.